The summed E-state index contributed by atoms with van der Waals surface area (Å²) >= 11 is 3.27. The van der Waals surface area contributed by atoms with Gasteiger partial charge >= 0.3 is 0 Å². The number of hydrogen-bond acceptors (Lipinski definition) is 3. The van der Waals surface area contributed by atoms with E-state index in [2.05, 4.69) is 15.9 Å². The highest BCUT2D eigenvalue weighted by atomic mass is 79.9. The van der Waals surface area contributed by atoms with E-state index in [1.54, 1.807) is 12.1 Å². The molecule has 0 aliphatic rings. The predicted octanol–water partition coefficient (Wildman–Crippen LogP) is 1.14. The number of carbonyl (C=O) groups is 1. The van der Waals surface area contributed by atoms with Gasteiger partial charge in [0.05, 0.1) is 6.61 Å². The molecule has 0 fully saturated rings. The quantitative estimate of drug-likeness (QED) is 0.813. The summed E-state index contributed by atoms with van der Waals surface area (Å²) < 4.78 is 6.11. The maximum atomic E-state index is 10.5. The van der Waals surface area contributed by atoms with Gasteiger partial charge in [0.25, 0.3) is 0 Å². The summed E-state index contributed by atoms with van der Waals surface area (Å²) in [5.41, 5.74) is 0.626. The van der Waals surface area contributed by atoms with Crippen molar-refractivity contribution < 1.29 is 14.6 Å². The van der Waals surface area contributed by atoms with Crippen molar-refractivity contribution in [2.45, 2.75) is 13.3 Å². The van der Waals surface area contributed by atoms with Gasteiger partial charge in [0.1, 0.15) is 5.75 Å². The molecule has 0 saturated carbocycles. The molecule has 76 valence electrons. The zero-order valence-electron chi connectivity index (χ0n) is 7.75. The minimum atomic E-state index is -1.11. The number of halogens is 1. The summed E-state index contributed by atoms with van der Waals surface area (Å²) in [4.78, 5) is 10.5. The third-order valence-corrected chi connectivity index (χ3v) is 2.15. The highest BCUT2D eigenvalue weighted by Gasteiger charge is 2.04. The van der Waals surface area contributed by atoms with E-state index in [4.69, 9.17) is 4.74 Å². The number of rotatable bonds is 4. The average Bonchev–Trinajstić information content (AvgIpc) is 2.09. The molecule has 1 aromatic rings. The fourth-order valence-electron chi connectivity index (χ4n) is 1.14. The van der Waals surface area contributed by atoms with Crippen molar-refractivity contribution in [3.63, 3.8) is 0 Å². The van der Waals surface area contributed by atoms with Crippen LogP contribution >= 0.6 is 15.9 Å². The summed E-state index contributed by atoms with van der Waals surface area (Å²) in [6.45, 7) is 2.37. The van der Waals surface area contributed by atoms with E-state index < -0.39 is 5.97 Å². The Labute approximate surface area is 90.8 Å². The molecule has 0 aliphatic heterocycles. The maximum Gasteiger partial charge on any atom is 0.122 e. The van der Waals surface area contributed by atoms with Gasteiger partial charge in [-0.25, -0.2) is 0 Å². The van der Waals surface area contributed by atoms with Crippen molar-refractivity contribution in [3.8, 4) is 5.75 Å². The Kier molecular flexibility index (Phi) is 3.95. The van der Waals surface area contributed by atoms with Crippen LogP contribution in [-0.4, -0.2) is 12.6 Å². The number of benzene rings is 1. The lowest BCUT2D eigenvalue weighted by molar-refractivity contribution is -0.304. The van der Waals surface area contributed by atoms with Crippen LogP contribution in [0.25, 0.3) is 0 Å². The van der Waals surface area contributed by atoms with Crippen molar-refractivity contribution in [1.82, 2.24) is 0 Å². The SMILES string of the molecule is CCOc1ccc(Br)cc1CC(=O)[O-]. The van der Waals surface area contributed by atoms with Gasteiger partial charge < -0.3 is 14.6 Å². The second-order valence-corrected chi connectivity index (χ2v) is 3.65. The number of ether oxygens (including phenoxy) is 1. The van der Waals surface area contributed by atoms with Crippen LogP contribution in [0.15, 0.2) is 22.7 Å². The number of hydrogen-bond donors (Lipinski definition) is 0. The fraction of sp³-hybridized carbons (Fsp3) is 0.300. The van der Waals surface area contributed by atoms with Gasteiger partial charge in [-0.15, -0.1) is 0 Å². The smallest absolute Gasteiger partial charge is 0.122 e. The zero-order valence-corrected chi connectivity index (χ0v) is 9.33. The van der Waals surface area contributed by atoms with Crippen LogP contribution in [0.3, 0.4) is 0 Å². The molecule has 14 heavy (non-hydrogen) atoms. The number of carboxylic acids is 1. The van der Waals surface area contributed by atoms with Gasteiger partial charge in [0.15, 0.2) is 0 Å². The lowest BCUT2D eigenvalue weighted by Crippen LogP contribution is -2.24. The molecule has 0 heterocycles. The average molecular weight is 258 g/mol. The standard InChI is InChI=1S/C10H11BrO3/c1-2-14-9-4-3-8(11)5-7(9)6-10(12)13/h3-5H,2,6H2,1H3,(H,12,13)/p-1. The number of aliphatic carboxylic acids is 1. The second kappa shape index (κ2) is 5.00. The Morgan fingerprint density at radius 1 is 1.57 bits per heavy atom. The third kappa shape index (κ3) is 3.03. The van der Waals surface area contributed by atoms with E-state index in [9.17, 15) is 9.90 Å². The van der Waals surface area contributed by atoms with Gasteiger partial charge in [-0.05, 0) is 25.1 Å². The van der Waals surface area contributed by atoms with Crippen LogP contribution in [0, 0.1) is 0 Å². The lowest BCUT2D eigenvalue weighted by atomic mass is 10.1. The van der Waals surface area contributed by atoms with E-state index in [0.29, 0.717) is 17.9 Å². The van der Waals surface area contributed by atoms with Crippen LogP contribution in [0.5, 0.6) is 5.75 Å². The molecule has 0 spiro atoms. The summed E-state index contributed by atoms with van der Waals surface area (Å²) in [7, 11) is 0. The Bertz CT molecular complexity index is 336. The molecule has 1 rings (SSSR count). The highest BCUT2D eigenvalue weighted by Crippen LogP contribution is 2.23. The van der Waals surface area contributed by atoms with Gasteiger partial charge in [-0.2, -0.15) is 0 Å². The molecule has 0 N–H and O–H groups in total. The normalized spacial score (nSPS) is 9.86. The Morgan fingerprint density at radius 3 is 2.86 bits per heavy atom. The minimum Gasteiger partial charge on any atom is -0.550 e. The molecular formula is C10H10BrO3-. The summed E-state index contributed by atoms with van der Waals surface area (Å²) in [5.74, 6) is -0.510. The zero-order chi connectivity index (χ0) is 10.6. The van der Waals surface area contributed by atoms with Crippen LogP contribution in [-0.2, 0) is 11.2 Å². The van der Waals surface area contributed by atoms with Crippen molar-refractivity contribution in [1.29, 1.82) is 0 Å². The van der Waals surface area contributed by atoms with Crippen LogP contribution in [0.1, 0.15) is 12.5 Å². The van der Waals surface area contributed by atoms with Gasteiger partial charge in [-0.3, -0.25) is 0 Å². The topological polar surface area (TPSA) is 49.4 Å². The molecule has 0 unspecified atom stereocenters. The van der Waals surface area contributed by atoms with E-state index in [1.807, 2.05) is 13.0 Å². The Balaban J connectivity index is 2.96. The number of carboxylic acid groups (broad SMARTS) is 1. The lowest BCUT2D eigenvalue weighted by Gasteiger charge is -2.10. The Hall–Kier alpha value is -1.03. The van der Waals surface area contributed by atoms with Crippen molar-refractivity contribution in [2.75, 3.05) is 6.61 Å². The maximum absolute atomic E-state index is 10.5. The summed E-state index contributed by atoms with van der Waals surface area (Å²) in [6.07, 6.45) is -0.130. The molecule has 0 aromatic heterocycles. The monoisotopic (exact) mass is 257 g/mol. The van der Waals surface area contributed by atoms with Gasteiger partial charge in [0, 0.05) is 22.4 Å². The van der Waals surface area contributed by atoms with E-state index in [0.717, 1.165) is 4.47 Å². The Morgan fingerprint density at radius 2 is 2.29 bits per heavy atom. The van der Waals surface area contributed by atoms with Gasteiger partial charge in [0.2, 0.25) is 0 Å². The molecule has 0 saturated heterocycles. The molecule has 0 atom stereocenters. The van der Waals surface area contributed by atoms with Crippen LogP contribution in [0.4, 0.5) is 0 Å². The molecule has 0 radical (unpaired) electrons. The molecule has 0 bridgehead atoms. The summed E-state index contributed by atoms with van der Waals surface area (Å²) in [6, 6.07) is 5.27. The first-order valence-corrected chi connectivity index (χ1v) is 5.04. The first-order valence-electron chi connectivity index (χ1n) is 4.24. The van der Waals surface area contributed by atoms with Crippen LogP contribution in [0.2, 0.25) is 0 Å². The van der Waals surface area contributed by atoms with E-state index in [1.165, 1.54) is 0 Å². The summed E-state index contributed by atoms with van der Waals surface area (Å²) in [5, 5.41) is 10.5. The van der Waals surface area contributed by atoms with E-state index >= 15 is 0 Å². The van der Waals surface area contributed by atoms with Gasteiger partial charge in [-0.1, -0.05) is 15.9 Å². The largest absolute Gasteiger partial charge is 0.550 e. The molecule has 4 heteroatoms. The molecule has 0 amide bonds. The molecule has 3 nitrogen and oxygen atoms in total. The first kappa shape index (κ1) is 11.0. The molecular weight excluding hydrogens is 248 g/mol. The first-order chi connectivity index (χ1) is 6.63. The molecule has 1 aromatic carbocycles. The van der Waals surface area contributed by atoms with Crippen molar-refractivity contribution in [2.24, 2.45) is 0 Å². The fourth-order valence-corrected chi connectivity index (χ4v) is 1.55. The highest BCUT2D eigenvalue weighted by molar-refractivity contribution is 9.10. The van der Waals surface area contributed by atoms with Crippen LogP contribution < -0.4 is 9.84 Å². The second-order valence-electron chi connectivity index (χ2n) is 2.73. The number of carbonyl (C=O) groups excluding carboxylic acids is 1. The minimum absolute atomic E-state index is 0.130. The van der Waals surface area contributed by atoms with E-state index in [-0.39, 0.29) is 6.42 Å². The molecule has 0 aliphatic carbocycles. The predicted molar refractivity (Wildman–Crippen MR) is 54.0 cm³/mol. The third-order valence-electron chi connectivity index (χ3n) is 1.66. The van der Waals surface area contributed by atoms with Crippen molar-refractivity contribution >= 4 is 21.9 Å². The van der Waals surface area contributed by atoms with Crippen molar-refractivity contribution in [3.05, 3.63) is 28.2 Å².